The molecule has 2 aromatic carbocycles. The zero-order valence-corrected chi connectivity index (χ0v) is 17.5. The molecule has 0 radical (unpaired) electrons. The Bertz CT molecular complexity index is 1360. The van der Waals surface area contributed by atoms with Crippen LogP contribution in [-0.4, -0.2) is 28.2 Å². The summed E-state index contributed by atoms with van der Waals surface area (Å²) in [4.78, 5) is 18.0. The number of benzene rings is 2. The highest BCUT2D eigenvalue weighted by molar-refractivity contribution is 7.15. The van der Waals surface area contributed by atoms with Gasteiger partial charge in [0.2, 0.25) is 0 Å². The first kappa shape index (κ1) is 20.0. The number of imidazole rings is 1. The van der Waals surface area contributed by atoms with Gasteiger partial charge in [-0.05, 0) is 35.9 Å². The summed E-state index contributed by atoms with van der Waals surface area (Å²) in [6.07, 6.45) is 5.08. The van der Waals surface area contributed by atoms with E-state index in [9.17, 15) is 9.90 Å². The molecule has 0 fully saturated rings. The van der Waals surface area contributed by atoms with Gasteiger partial charge in [-0.25, -0.2) is 4.98 Å². The molecule has 4 aromatic rings. The van der Waals surface area contributed by atoms with Gasteiger partial charge in [0.05, 0.1) is 22.4 Å². The van der Waals surface area contributed by atoms with Crippen molar-refractivity contribution in [3.05, 3.63) is 80.7 Å². The van der Waals surface area contributed by atoms with Crippen LogP contribution in [0.15, 0.2) is 60.0 Å². The van der Waals surface area contributed by atoms with Crippen LogP contribution in [-0.2, 0) is 0 Å². The number of nitrogens with zero attached hydrogens (tertiary/aromatic N) is 2. The number of hydrogen-bond acceptors (Lipinski definition) is 6. The standard InChI is InChI=1S/C22H17ClN2O4S/c1-3-7-29-15-6-4-5-14(11-15)17-12-25-21(27)19(30-22(25)24-17)10-13-8-16(23)20(26)18(9-13)28-2/h3-6,8-12,26H,1,7H2,2H3/b19-10-. The number of fused-ring (bicyclic) bond motifs is 1. The Kier molecular flexibility index (Phi) is 5.48. The van der Waals surface area contributed by atoms with E-state index >= 15 is 0 Å². The van der Waals surface area contributed by atoms with Crippen LogP contribution in [0.3, 0.4) is 0 Å². The molecule has 0 bridgehead atoms. The molecular formula is C22H17ClN2O4S. The fourth-order valence-corrected chi connectivity index (χ4v) is 4.13. The first-order valence-corrected chi connectivity index (χ1v) is 10.1. The van der Waals surface area contributed by atoms with E-state index in [0.717, 1.165) is 5.56 Å². The Hall–Kier alpha value is -3.29. The van der Waals surface area contributed by atoms with E-state index in [1.165, 1.54) is 22.8 Å². The summed E-state index contributed by atoms with van der Waals surface area (Å²) < 4.78 is 12.7. The van der Waals surface area contributed by atoms with Crippen LogP contribution in [0.1, 0.15) is 5.56 Å². The lowest BCUT2D eigenvalue weighted by atomic mass is 10.1. The number of aromatic hydroxyl groups is 1. The van der Waals surface area contributed by atoms with E-state index < -0.39 is 0 Å². The van der Waals surface area contributed by atoms with Crippen LogP contribution >= 0.6 is 22.9 Å². The van der Waals surface area contributed by atoms with Crippen LogP contribution in [0.25, 0.3) is 22.3 Å². The number of methoxy groups -OCH3 is 1. The zero-order chi connectivity index (χ0) is 21.3. The normalized spacial score (nSPS) is 11.7. The number of thiazole rings is 1. The fourth-order valence-electron chi connectivity index (χ4n) is 2.96. The van der Waals surface area contributed by atoms with Crippen LogP contribution in [0.4, 0.5) is 0 Å². The van der Waals surface area contributed by atoms with Crippen molar-refractivity contribution in [3.63, 3.8) is 0 Å². The predicted octanol–water partition coefficient (Wildman–Crippen LogP) is 3.90. The zero-order valence-electron chi connectivity index (χ0n) is 16.0. The van der Waals surface area contributed by atoms with Crippen molar-refractivity contribution in [2.24, 2.45) is 0 Å². The molecule has 0 unspecified atom stereocenters. The van der Waals surface area contributed by atoms with Gasteiger partial charge in [0.15, 0.2) is 16.5 Å². The minimum atomic E-state index is -0.184. The fraction of sp³-hybridized carbons (Fsp3) is 0.0909. The third-order valence-electron chi connectivity index (χ3n) is 4.37. The van der Waals surface area contributed by atoms with Gasteiger partial charge in [-0.15, -0.1) is 0 Å². The second-order valence-corrected chi connectivity index (χ2v) is 7.79. The maximum atomic E-state index is 12.8. The number of aromatic nitrogens is 2. The third-order valence-corrected chi connectivity index (χ3v) is 5.64. The summed E-state index contributed by atoms with van der Waals surface area (Å²) in [6, 6.07) is 10.7. The van der Waals surface area contributed by atoms with Crippen molar-refractivity contribution < 1.29 is 14.6 Å². The molecule has 6 nitrogen and oxygen atoms in total. The Balaban J connectivity index is 1.73. The van der Waals surface area contributed by atoms with Gasteiger partial charge in [0.25, 0.3) is 5.56 Å². The van der Waals surface area contributed by atoms with Crippen molar-refractivity contribution in [2.75, 3.05) is 13.7 Å². The van der Waals surface area contributed by atoms with Crippen LogP contribution < -0.4 is 19.6 Å². The lowest BCUT2D eigenvalue weighted by Crippen LogP contribution is -2.22. The number of rotatable bonds is 6. The molecule has 0 aliphatic carbocycles. The average Bonchev–Trinajstić information content (AvgIpc) is 3.29. The molecule has 2 heterocycles. The number of halogens is 1. The average molecular weight is 441 g/mol. The minimum Gasteiger partial charge on any atom is -0.503 e. The highest BCUT2D eigenvalue weighted by Gasteiger charge is 2.12. The van der Waals surface area contributed by atoms with E-state index in [1.54, 1.807) is 30.5 Å². The molecule has 0 amide bonds. The highest BCUT2D eigenvalue weighted by atomic mass is 35.5. The van der Waals surface area contributed by atoms with Gasteiger partial charge in [-0.3, -0.25) is 9.20 Å². The van der Waals surface area contributed by atoms with E-state index in [0.29, 0.717) is 33.1 Å². The van der Waals surface area contributed by atoms with Gasteiger partial charge in [-0.2, -0.15) is 0 Å². The second-order valence-electron chi connectivity index (χ2n) is 6.38. The number of phenolic OH excluding ortho intramolecular Hbond substituents is 1. The van der Waals surface area contributed by atoms with Crippen LogP contribution in [0.5, 0.6) is 17.2 Å². The predicted molar refractivity (Wildman–Crippen MR) is 119 cm³/mol. The van der Waals surface area contributed by atoms with Gasteiger partial charge in [0.1, 0.15) is 12.4 Å². The highest BCUT2D eigenvalue weighted by Crippen LogP contribution is 2.35. The molecule has 0 spiro atoms. The molecule has 0 saturated carbocycles. The quantitative estimate of drug-likeness (QED) is 0.460. The number of ether oxygens (including phenoxy) is 2. The summed E-state index contributed by atoms with van der Waals surface area (Å²) in [6.45, 7) is 4.06. The maximum absolute atomic E-state index is 12.8. The molecular weight excluding hydrogens is 424 g/mol. The molecule has 30 heavy (non-hydrogen) atoms. The van der Waals surface area contributed by atoms with Crippen molar-refractivity contribution >= 4 is 34.0 Å². The Morgan fingerprint density at radius 1 is 1.33 bits per heavy atom. The second kappa shape index (κ2) is 8.22. The number of hydrogen-bond donors (Lipinski definition) is 1. The SMILES string of the molecule is C=CCOc1cccc(-c2cn3c(=O)/c(=C/c4cc(Cl)c(O)c(OC)c4)sc3n2)c1. The summed E-state index contributed by atoms with van der Waals surface area (Å²) in [5, 5.41) is 10.0. The lowest BCUT2D eigenvalue weighted by Gasteiger charge is -2.05. The molecule has 0 atom stereocenters. The molecule has 4 rings (SSSR count). The molecule has 152 valence electrons. The van der Waals surface area contributed by atoms with Crippen molar-refractivity contribution in [1.29, 1.82) is 0 Å². The molecule has 1 N–H and O–H groups in total. The molecule has 0 saturated heterocycles. The van der Waals surface area contributed by atoms with Crippen molar-refractivity contribution in [2.45, 2.75) is 0 Å². The number of phenols is 1. The Labute approximate surface area is 180 Å². The van der Waals surface area contributed by atoms with Gasteiger partial charge >= 0.3 is 0 Å². The van der Waals surface area contributed by atoms with Crippen LogP contribution in [0, 0.1) is 0 Å². The smallest absolute Gasteiger partial charge is 0.274 e. The first-order chi connectivity index (χ1) is 14.5. The summed E-state index contributed by atoms with van der Waals surface area (Å²) in [5.41, 5.74) is 2.00. The van der Waals surface area contributed by atoms with E-state index in [4.69, 9.17) is 21.1 Å². The van der Waals surface area contributed by atoms with Gasteiger partial charge < -0.3 is 14.6 Å². The molecule has 0 aliphatic heterocycles. The summed E-state index contributed by atoms with van der Waals surface area (Å²) in [7, 11) is 1.44. The third kappa shape index (κ3) is 3.77. The summed E-state index contributed by atoms with van der Waals surface area (Å²) in [5.74, 6) is 0.810. The summed E-state index contributed by atoms with van der Waals surface area (Å²) >= 11 is 7.31. The Morgan fingerprint density at radius 3 is 2.90 bits per heavy atom. The largest absolute Gasteiger partial charge is 0.503 e. The van der Waals surface area contributed by atoms with Crippen molar-refractivity contribution in [1.82, 2.24) is 9.38 Å². The monoisotopic (exact) mass is 440 g/mol. The lowest BCUT2D eigenvalue weighted by molar-refractivity contribution is 0.363. The van der Waals surface area contributed by atoms with E-state index in [1.807, 2.05) is 24.3 Å². The molecule has 8 heteroatoms. The van der Waals surface area contributed by atoms with Gasteiger partial charge in [-0.1, -0.05) is 47.7 Å². The first-order valence-electron chi connectivity index (χ1n) is 8.94. The van der Waals surface area contributed by atoms with E-state index in [2.05, 4.69) is 11.6 Å². The molecule has 2 aromatic heterocycles. The Morgan fingerprint density at radius 2 is 2.17 bits per heavy atom. The maximum Gasteiger partial charge on any atom is 0.274 e. The van der Waals surface area contributed by atoms with E-state index in [-0.39, 0.29) is 22.1 Å². The molecule has 0 aliphatic rings. The van der Waals surface area contributed by atoms with Crippen LogP contribution in [0.2, 0.25) is 5.02 Å². The van der Waals surface area contributed by atoms with Gasteiger partial charge in [0, 0.05) is 11.8 Å². The van der Waals surface area contributed by atoms with Crippen molar-refractivity contribution in [3.8, 4) is 28.5 Å². The minimum absolute atomic E-state index is 0.136. The topological polar surface area (TPSA) is 73.1 Å².